The molecule has 3 aromatic rings. The number of piperidine rings is 1. The third kappa shape index (κ3) is 2.91. The molecular weight excluding hydrogens is 326 g/mol. The summed E-state index contributed by atoms with van der Waals surface area (Å²) in [6.45, 7) is 1.64. The number of fused-ring (bicyclic) bond motifs is 1. The zero-order valence-electron chi connectivity index (χ0n) is 14.8. The molecule has 1 aromatic carbocycles. The zero-order valence-corrected chi connectivity index (χ0v) is 14.8. The number of hydrogen-bond donors (Lipinski definition) is 1. The van der Waals surface area contributed by atoms with Crippen molar-refractivity contribution in [3.05, 3.63) is 53.7 Å². The first-order valence-corrected chi connectivity index (χ1v) is 9.58. The summed E-state index contributed by atoms with van der Waals surface area (Å²) < 4.78 is 5.57. The van der Waals surface area contributed by atoms with E-state index in [0.29, 0.717) is 11.8 Å². The van der Waals surface area contributed by atoms with Crippen molar-refractivity contribution in [1.29, 1.82) is 0 Å². The van der Waals surface area contributed by atoms with Gasteiger partial charge in [0, 0.05) is 25.4 Å². The molecule has 1 aliphatic carbocycles. The average Bonchev–Trinajstić information content (AvgIpc) is 3.25. The van der Waals surface area contributed by atoms with Crippen LogP contribution in [0.1, 0.15) is 53.5 Å². The first kappa shape index (κ1) is 15.7. The van der Waals surface area contributed by atoms with Crippen molar-refractivity contribution in [1.82, 2.24) is 14.9 Å². The Kier molecular flexibility index (Phi) is 3.80. The van der Waals surface area contributed by atoms with Crippen LogP contribution in [0.5, 0.6) is 0 Å². The molecule has 2 aliphatic rings. The van der Waals surface area contributed by atoms with Gasteiger partial charge in [-0.25, -0.2) is 4.98 Å². The number of imidazole rings is 1. The average molecular weight is 349 g/mol. The zero-order chi connectivity index (χ0) is 17.5. The minimum absolute atomic E-state index is 0.142. The summed E-state index contributed by atoms with van der Waals surface area (Å²) in [6, 6.07) is 9.99. The molecule has 26 heavy (non-hydrogen) atoms. The van der Waals surface area contributed by atoms with Gasteiger partial charge in [0.25, 0.3) is 5.91 Å². The van der Waals surface area contributed by atoms with E-state index < -0.39 is 0 Å². The lowest BCUT2D eigenvalue weighted by Gasteiger charge is -2.31. The van der Waals surface area contributed by atoms with Crippen LogP contribution in [0.25, 0.3) is 11.0 Å². The summed E-state index contributed by atoms with van der Waals surface area (Å²) in [5, 5.41) is 0. The van der Waals surface area contributed by atoms with Gasteiger partial charge < -0.3 is 14.3 Å². The molecule has 0 spiro atoms. The second kappa shape index (κ2) is 6.31. The summed E-state index contributed by atoms with van der Waals surface area (Å²) in [7, 11) is 0. The molecule has 5 nitrogen and oxygen atoms in total. The largest absolute Gasteiger partial charge is 0.468 e. The van der Waals surface area contributed by atoms with Crippen LogP contribution in [-0.4, -0.2) is 33.9 Å². The molecule has 1 N–H and O–H groups in total. The number of benzene rings is 1. The number of carbonyl (C=O) groups excluding carboxylic acids is 1. The molecule has 0 radical (unpaired) electrons. The molecule has 2 aromatic heterocycles. The van der Waals surface area contributed by atoms with Crippen LogP contribution < -0.4 is 0 Å². The van der Waals surface area contributed by atoms with E-state index in [1.165, 1.54) is 0 Å². The van der Waals surface area contributed by atoms with Crippen molar-refractivity contribution in [2.45, 2.75) is 38.0 Å². The lowest BCUT2D eigenvalue weighted by Crippen LogP contribution is -2.39. The fourth-order valence-electron chi connectivity index (χ4n) is 4.05. The number of amides is 1. The SMILES string of the molecule is O=C(c1ccoc1C1CC1)N1CCC(Cc2nc3ccccc3[nH]2)CC1. The van der Waals surface area contributed by atoms with Gasteiger partial charge in [-0.3, -0.25) is 4.79 Å². The number of rotatable bonds is 4. The molecule has 2 fully saturated rings. The first-order chi connectivity index (χ1) is 12.8. The maximum atomic E-state index is 12.8. The first-order valence-electron chi connectivity index (χ1n) is 9.58. The number of likely N-dealkylation sites (tertiary alicyclic amines) is 1. The topological polar surface area (TPSA) is 62.1 Å². The number of H-pyrrole nitrogens is 1. The molecule has 5 heteroatoms. The van der Waals surface area contributed by atoms with Crippen molar-refractivity contribution in [3.63, 3.8) is 0 Å². The molecule has 1 amide bonds. The Hall–Kier alpha value is -2.56. The Morgan fingerprint density at radius 2 is 1.96 bits per heavy atom. The quantitative estimate of drug-likeness (QED) is 0.770. The van der Waals surface area contributed by atoms with Crippen molar-refractivity contribution >= 4 is 16.9 Å². The van der Waals surface area contributed by atoms with Crippen LogP contribution in [0, 0.1) is 5.92 Å². The molecule has 0 atom stereocenters. The predicted octanol–water partition coefficient (Wildman–Crippen LogP) is 4.13. The van der Waals surface area contributed by atoms with E-state index in [1.54, 1.807) is 6.26 Å². The molecule has 0 bridgehead atoms. The van der Waals surface area contributed by atoms with Gasteiger partial charge in [0.2, 0.25) is 0 Å². The molecule has 5 rings (SSSR count). The maximum Gasteiger partial charge on any atom is 0.257 e. The van der Waals surface area contributed by atoms with Gasteiger partial charge in [0.1, 0.15) is 11.6 Å². The maximum absolute atomic E-state index is 12.8. The van der Waals surface area contributed by atoms with Crippen LogP contribution in [0.4, 0.5) is 0 Å². The number of hydrogen-bond acceptors (Lipinski definition) is 3. The minimum Gasteiger partial charge on any atom is -0.468 e. The van der Waals surface area contributed by atoms with E-state index in [2.05, 4.69) is 11.1 Å². The molecule has 3 heterocycles. The molecule has 134 valence electrons. The van der Waals surface area contributed by atoms with Crippen LogP contribution in [0.3, 0.4) is 0 Å². The van der Waals surface area contributed by atoms with E-state index in [1.807, 2.05) is 29.2 Å². The summed E-state index contributed by atoms with van der Waals surface area (Å²) >= 11 is 0. The highest BCUT2D eigenvalue weighted by molar-refractivity contribution is 5.95. The highest BCUT2D eigenvalue weighted by atomic mass is 16.3. The summed E-state index contributed by atoms with van der Waals surface area (Å²) in [5.74, 6) is 3.14. The third-order valence-electron chi connectivity index (χ3n) is 5.70. The van der Waals surface area contributed by atoms with Crippen LogP contribution >= 0.6 is 0 Å². The number of carbonyl (C=O) groups is 1. The Morgan fingerprint density at radius 3 is 2.73 bits per heavy atom. The summed E-state index contributed by atoms with van der Waals surface area (Å²) in [4.78, 5) is 22.9. The highest BCUT2D eigenvalue weighted by Gasteiger charge is 2.33. The van der Waals surface area contributed by atoms with Gasteiger partial charge in [-0.05, 0) is 49.8 Å². The highest BCUT2D eigenvalue weighted by Crippen LogP contribution is 2.42. The standard InChI is InChI=1S/C21H23N3O2/c25-21(16-9-12-26-20(16)15-5-6-15)24-10-7-14(8-11-24)13-19-22-17-3-1-2-4-18(17)23-19/h1-4,9,12,14-15H,5-8,10-11,13H2,(H,22,23). The lowest BCUT2D eigenvalue weighted by atomic mass is 9.93. The molecular formula is C21H23N3O2. The van der Waals surface area contributed by atoms with E-state index in [0.717, 1.165) is 73.4 Å². The van der Waals surface area contributed by atoms with Crippen LogP contribution in [0.15, 0.2) is 41.0 Å². The Balaban J connectivity index is 1.21. The normalized spacial score (nSPS) is 18.5. The van der Waals surface area contributed by atoms with Crippen molar-refractivity contribution in [2.75, 3.05) is 13.1 Å². The van der Waals surface area contributed by atoms with E-state index >= 15 is 0 Å². The van der Waals surface area contributed by atoms with Crippen LogP contribution in [0.2, 0.25) is 0 Å². The Labute approximate surface area is 152 Å². The second-order valence-corrected chi connectivity index (χ2v) is 7.61. The van der Waals surface area contributed by atoms with Gasteiger partial charge in [-0.2, -0.15) is 0 Å². The summed E-state index contributed by atoms with van der Waals surface area (Å²) in [6.07, 6.45) is 6.96. The fraction of sp³-hybridized carbons (Fsp3) is 0.429. The third-order valence-corrected chi connectivity index (χ3v) is 5.70. The number of furan rings is 1. The molecule has 1 saturated carbocycles. The lowest BCUT2D eigenvalue weighted by molar-refractivity contribution is 0.0687. The van der Waals surface area contributed by atoms with Crippen molar-refractivity contribution < 1.29 is 9.21 Å². The van der Waals surface area contributed by atoms with E-state index in [-0.39, 0.29) is 5.91 Å². The van der Waals surface area contributed by atoms with E-state index in [9.17, 15) is 4.79 Å². The number of nitrogens with one attached hydrogen (secondary N) is 1. The van der Waals surface area contributed by atoms with Gasteiger partial charge >= 0.3 is 0 Å². The molecule has 1 aliphatic heterocycles. The number of aromatic amines is 1. The second-order valence-electron chi connectivity index (χ2n) is 7.61. The van der Waals surface area contributed by atoms with Gasteiger partial charge in [-0.15, -0.1) is 0 Å². The fourth-order valence-corrected chi connectivity index (χ4v) is 4.05. The van der Waals surface area contributed by atoms with Gasteiger partial charge in [0.05, 0.1) is 22.9 Å². The smallest absolute Gasteiger partial charge is 0.257 e. The van der Waals surface area contributed by atoms with Crippen molar-refractivity contribution in [3.8, 4) is 0 Å². The number of aromatic nitrogens is 2. The summed E-state index contributed by atoms with van der Waals surface area (Å²) in [5.41, 5.74) is 2.91. The predicted molar refractivity (Wildman–Crippen MR) is 99.1 cm³/mol. The van der Waals surface area contributed by atoms with Gasteiger partial charge in [-0.1, -0.05) is 12.1 Å². The van der Waals surface area contributed by atoms with Crippen molar-refractivity contribution in [2.24, 2.45) is 5.92 Å². The number of nitrogens with zero attached hydrogens (tertiary/aromatic N) is 2. The monoisotopic (exact) mass is 349 g/mol. The van der Waals surface area contributed by atoms with Gasteiger partial charge in [0.15, 0.2) is 0 Å². The molecule has 1 saturated heterocycles. The number of para-hydroxylation sites is 2. The minimum atomic E-state index is 0.142. The van der Waals surface area contributed by atoms with Crippen LogP contribution in [-0.2, 0) is 6.42 Å². The van der Waals surface area contributed by atoms with E-state index in [4.69, 9.17) is 9.40 Å². The Morgan fingerprint density at radius 1 is 1.15 bits per heavy atom. The molecule has 0 unspecified atom stereocenters. The Bertz CT molecular complexity index is 897.